The number of imidazole rings is 1. The number of H-pyrrole nitrogens is 1. The number of rotatable bonds is 10. The van der Waals surface area contributed by atoms with Crippen LogP contribution in [0.15, 0.2) is 22.2 Å². The largest absolute Gasteiger partial charge is 0.472 e. The molecule has 6 rings (SSSR count). The zero-order chi connectivity index (χ0) is 32.3. The maximum atomic E-state index is 13.1. The molecule has 0 amide bonds. The van der Waals surface area contributed by atoms with Gasteiger partial charge in [-0.2, -0.15) is 4.98 Å². The van der Waals surface area contributed by atoms with Gasteiger partial charge in [0.05, 0.1) is 25.6 Å². The summed E-state index contributed by atoms with van der Waals surface area (Å²) >= 11 is 0.629. The van der Waals surface area contributed by atoms with E-state index in [-0.39, 0.29) is 33.3 Å². The lowest BCUT2D eigenvalue weighted by Crippen LogP contribution is -2.36. The number of thiazole rings is 1. The number of ether oxygens (including phenoxy) is 2. The Bertz CT molecular complexity index is 1960. The highest BCUT2D eigenvalue weighted by atomic mass is 32.1. The molecule has 2 aliphatic rings. The molecule has 2 saturated heterocycles. The number of fused-ring (bicyclic) bond motifs is 2. The predicted molar refractivity (Wildman–Crippen MR) is 150 cm³/mol. The quantitative estimate of drug-likeness (QED) is 0.0949. The number of phosphoric acid groups is 2. The van der Waals surface area contributed by atoms with Gasteiger partial charge < -0.3 is 40.7 Å². The Hall–Kier alpha value is -3.18. The SMILES string of the molecule is Nc1nc2c(ncn2[C@H]2CC[C@@H](COP(=O)(O)OC3[C@H](n4c(=O)sc5c(N)ncnc54)O[C@H](COP(=O)(O)O)[C@H]3O)O2)c(=O)[nH]1. The maximum absolute atomic E-state index is 13.1. The smallest absolute Gasteiger partial charge is 0.387 e. The van der Waals surface area contributed by atoms with E-state index in [1.54, 1.807) is 0 Å². The van der Waals surface area contributed by atoms with Gasteiger partial charge in [-0.25, -0.2) is 24.1 Å². The van der Waals surface area contributed by atoms with Crippen molar-refractivity contribution in [1.29, 1.82) is 0 Å². The van der Waals surface area contributed by atoms with Gasteiger partial charge in [0, 0.05) is 0 Å². The van der Waals surface area contributed by atoms with E-state index in [4.69, 9.17) is 39.8 Å². The number of aromatic amines is 1. The zero-order valence-corrected chi connectivity index (χ0v) is 25.2. The van der Waals surface area contributed by atoms with Gasteiger partial charge in [-0.1, -0.05) is 11.3 Å². The molecule has 6 heterocycles. The van der Waals surface area contributed by atoms with Gasteiger partial charge in [0.25, 0.3) is 5.56 Å². The highest BCUT2D eigenvalue weighted by Gasteiger charge is 2.51. The van der Waals surface area contributed by atoms with E-state index in [0.717, 1.165) is 10.9 Å². The average molecular weight is 693 g/mol. The van der Waals surface area contributed by atoms with Gasteiger partial charge in [0.2, 0.25) is 5.95 Å². The van der Waals surface area contributed by atoms with Crippen molar-refractivity contribution in [2.75, 3.05) is 24.7 Å². The topological polar surface area (TPSA) is 325 Å². The lowest BCUT2D eigenvalue weighted by atomic mass is 10.1. The molecule has 7 atom stereocenters. The van der Waals surface area contributed by atoms with Crippen LogP contribution in [0.3, 0.4) is 0 Å². The Kier molecular flexibility index (Phi) is 8.39. The Morgan fingerprint density at radius 3 is 2.60 bits per heavy atom. The van der Waals surface area contributed by atoms with E-state index in [1.165, 1.54) is 10.9 Å². The predicted octanol–water partition coefficient (Wildman–Crippen LogP) is -1.30. The van der Waals surface area contributed by atoms with Crippen LogP contribution in [-0.2, 0) is 32.2 Å². The van der Waals surface area contributed by atoms with E-state index < -0.39 is 76.2 Å². The van der Waals surface area contributed by atoms with Crippen LogP contribution in [0.5, 0.6) is 0 Å². The fourth-order valence-corrected chi connectivity index (χ4v) is 7.13. The molecule has 0 saturated carbocycles. The molecule has 0 aliphatic carbocycles. The third-order valence-corrected chi connectivity index (χ3v) is 9.36. The number of aromatic nitrogens is 7. The monoisotopic (exact) mass is 693 g/mol. The van der Waals surface area contributed by atoms with Crippen molar-refractivity contribution in [1.82, 2.24) is 34.1 Å². The van der Waals surface area contributed by atoms with Crippen molar-refractivity contribution in [2.45, 2.75) is 49.7 Å². The molecule has 22 nitrogen and oxygen atoms in total. The number of nitrogens with one attached hydrogen (secondary N) is 1. The molecule has 25 heteroatoms. The van der Waals surface area contributed by atoms with Crippen molar-refractivity contribution in [3.63, 3.8) is 0 Å². The van der Waals surface area contributed by atoms with Crippen LogP contribution in [0, 0.1) is 0 Å². The fraction of sp³-hybridized carbons (Fsp3) is 0.500. The van der Waals surface area contributed by atoms with Crippen LogP contribution in [-0.4, -0.2) is 91.5 Å². The van der Waals surface area contributed by atoms with Crippen LogP contribution in [0.25, 0.3) is 21.5 Å². The summed E-state index contributed by atoms with van der Waals surface area (Å²) in [5, 5.41) is 10.9. The second kappa shape index (κ2) is 11.9. The molecule has 0 spiro atoms. The van der Waals surface area contributed by atoms with E-state index in [2.05, 4.69) is 29.4 Å². The average Bonchev–Trinajstić information content (AvgIpc) is 3.72. The summed E-state index contributed by atoms with van der Waals surface area (Å²) < 4.78 is 53.3. The highest BCUT2D eigenvalue weighted by Crippen LogP contribution is 2.50. The molecule has 0 bridgehead atoms. The number of aliphatic hydroxyl groups is 1. The number of hydrogen-bond acceptors (Lipinski definition) is 17. The van der Waals surface area contributed by atoms with Gasteiger partial charge in [-0.05, 0) is 12.8 Å². The normalized spacial score (nSPS) is 27.0. The van der Waals surface area contributed by atoms with Crippen LogP contribution in [0.2, 0.25) is 0 Å². The first-order chi connectivity index (χ1) is 21.2. The van der Waals surface area contributed by atoms with E-state index >= 15 is 0 Å². The summed E-state index contributed by atoms with van der Waals surface area (Å²) in [5.41, 5.74) is 11.1. The molecule has 4 aromatic rings. The van der Waals surface area contributed by atoms with E-state index in [1.807, 2.05) is 0 Å². The Morgan fingerprint density at radius 2 is 1.84 bits per heavy atom. The summed E-state index contributed by atoms with van der Waals surface area (Å²) in [4.78, 5) is 71.4. The van der Waals surface area contributed by atoms with Crippen molar-refractivity contribution < 1.29 is 52.0 Å². The third kappa shape index (κ3) is 6.43. The first kappa shape index (κ1) is 31.8. The van der Waals surface area contributed by atoms with Crippen molar-refractivity contribution in [2.24, 2.45) is 0 Å². The standard InChI is InChI=1S/C20H25N9O13P2S/c21-14-13-16(24-5-23-14)29(20(32)45-13)18-12(11(30)8(41-18)4-38-43(33,34)35)42-44(36,37)39-3-7-1-2-9(40-7)28-6-25-10-15(28)26-19(22)27-17(10)31/h5-9,11-12,18,30H,1-4H2,(H,36,37)(H2,21,23,24)(H2,33,34,35)(H3,22,26,27,31)/t7-,8+,9+,11+,12?,18+/m0/s1. The Morgan fingerprint density at radius 1 is 1.07 bits per heavy atom. The number of aliphatic hydroxyl groups excluding tert-OH is 1. The summed E-state index contributed by atoms with van der Waals surface area (Å²) in [7, 11) is -10.1. The van der Waals surface area contributed by atoms with Gasteiger partial charge >= 0.3 is 20.5 Å². The molecule has 45 heavy (non-hydrogen) atoms. The summed E-state index contributed by atoms with van der Waals surface area (Å²) in [6.07, 6.45) is -5.08. The Balaban J connectivity index is 1.18. The number of phosphoric ester groups is 2. The molecule has 244 valence electrons. The number of hydrogen-bond donors (Lipinski definition) is 7. The molecular weight excluding hydrogens is 668 g/mol. The van der Waals surface area contributed by atoms with E-state index in [9.17, 15) is 28.7 Å². The summed E-state index contributed by atoms with van der Waals surface area (Å²) in [6.45, 7) is -1.34. The maximum Gasteiger partial charge on any atom is 0.472 e. The molecular formula is C20H25N9O13P2S. The van der Waals surface area contributed by atoms with Crippen LogP contribution in [0.4, 0.5) is 11.8 Å². The van der Waals surface area contributed by atoms with Crippen LogP contribution in [0.1, 0.15) is 25.3 Å². The molecule has 0 aromatic carbocycles. The Labute approximate surface area is 253 Å². The van der Waals surface area contributed by atoms with E-state index in [0.29, 0.717) is 24.2 Å². The second-order valence-corrected chi connectivity index (χ2v) is 13.5. The highest BCUT2D eigenvalue weighted by molar-refractivity contribution is 7.47. The minimum absolute atomic E-state index is 0.0426. The van der Waals surface area contributed by atoms with Crippen LogP contribution < -0.4 is 21.9 Å². The molecule has 2 unspecified atom stereocenters. The summed E-state index contributed by atoms with van der Waals surface area (Å²) in [6, 6.07) is 0. The zero-order valence-electron chi connectivity index (χ0n) is 22.6. The second-order valence-electron chi connectivity index (χ2n) is 9.89. The molecule has 4 aromatic heterocycles. The van der Waals surface area contributed by atoms with Gasteiger partial charge in [-0.15, -0.1) is 0 Å². The summed E-state index contributed by atoms with van der Waals surface area (Å²) in [5.74, 6) is -0.162. The van der Waals surface area contributed by atoms with Crippen LogP contribution >= 0.6 is 27.0 Å². The van der Waals surface area contributed by atoms with Gasteiger partial charge in [-0.3, -0.25) is 37.3 Å². The van der Waals surface area contributed by atoms with Crippen molar-refractivity contribution >= 4 is 60.3 Å². The first-order valence-corrected chi connectivity index (χ1v) is 16.7. The minimum atomic E-state index is -5.04. The number of anilines is 2. The molecule has 2 aliphatic heterocycles. The van der Waals surface area contributed by atoms with Gasteiger partial charge in [0.15, 0.2) is 23.0 Å². The molecule has 2 fully saturated rings. The van der Waals surface area contributed by atoms with Gasteiger partial charge in [0.1, 0.15) is 41.4 Å². The van der Waals surface area contributed by atoms with Crippen molar-refractivity contribution in [3.8, 4) is 0 Å². The number of nitrogen functional groups attached to an aromatic ring is 2. The van der Waals surface area contributed by atoms with Crippen molar-refractivity contribution in [3.05, 3.63) is 32.7 Å². The first-order valence-electron chi connectivity index (χ1n) is 12.9. The lowest BCUT2D eigenvalue weighted by molar-refractivity contribution is -0.0543. The minimum Gasteiger partial charge on any atom is -0.387 e. The fourth-order valence-electron chi connectivity index (χ4n) is 4.97. The molecule has 9 N–H and O–H groups in total. The number of nitrogens with two attached hydrogens (primary N) is 2. The molecule has 0 radical (unpaired) electrons. The lowest BCUT2D eigenvalue weighted by Gasteiger charge is -2.24. The number of nitrogens with zero attached hydrogens (tertiary/aromatic N) is 6. The third-order valence-electron chi connectivity index (χ3n) is 6.93.